The van der Waals surface area contributed by atoms with Crippen LogP contribution in [-0.4, -0.2) is 19.2 Å². The highest BCUT2D eigenvalue weighted by molar-refractivity contribution is 5.94. The van der Waals surface area contributed by atoms with E-state index in [0.29, 0.717) is 5.56 Å². The van der Waals surface area contributed by atoms with Crippen molar-refractivity contribution in [1.29, 1.82) is 0 Å². The summed E-state index contributed by atoms with van der Waals surface area (Å²) in [6.45, 7) is 1.51. The highest BCUT2D eigenvalue weighted by atomic mass is 16.1. The Bertz CT molecular complexity index is 316. The van der Waals surface area contributed by atoms with E-state index in [2.05, 4.69) is 0 Å². The number of anilines is 1. The third kappa shape index (κ3) is 2.15. The summed E-state index contributed by atoms with van der Waals surface area (Å²) >= 11 is 0. The van der Waals surface area contributed by atoms with Crippen molar-refractivity contribution < 1.29 is 9.59 Å². The van der Waals surface area contributed by atoms with Crippen LogP contribution in [-0.2, 0) is 4.79 Å². The quantitative estimate of drug-likeness (QED) is 0.518. The van der Waals surface area contributed by atoms with Gasteiger partial charge in [-0.25, -0.2) is 0 Å². The minimum atomic E-state index is 0.0281. The summed E-state index contributed by atoms with van der Waals surface area (Å²) in [5.74, 6) is 0.0281. The second-order valence-corrected chi connectivity index (χ2v) is 2.82. The maximum atomic E-state index is 10.9. The lowest BCUT2D eigenvalue weighted by molar-refractivity contribution is -0.107. The molecule has 0 heterocycles. The standard InChI is InChI=1S/C10H11NO2/c1-8(13)9-3-5-10(6-4-9)11(2)7-12/h3-7H,1-2H3. The van der Waals surface area contributed by atoms with Crippen molar-refractivity contribution in [3.63, 3.8) is 0 Å². The van der Waals surface area contributed by atoms with Gasteiger partial charge in [0.15, 0.2) is 5.78 Å². The Morgan fingerprint density at radius 3 is 2.23 bits per heavy atom. The van der Waals surface area contributed by atoms with Gasteiger partial charge in [-0.1, -0.05) is 0 Å². The first-order valence-corrected chi connectivity index (χ1v) is 3.94. The highest BCUT2D eigenvalue weighted by Crippen LogP contribution is 2.12. The predicted molar refractivity (Wildman–Crippen MR) is 50.9 cm³/mol. The van der Waals surface area contributed by atoms with Gasteiger partial charge in [0.05, 0.1) is 0 Å². The molecule has 0 radical (unpaired) electrons. The second kappa shape index (κ2) is 3.85. The van der Waals surface area contributed by atoms with E-state index in [1.807, 2.05) is 0 Å². The predicted octanol–water partition coefficient (Wildman–Crippen LogP) is 1.48. The van der Waals surface area contributed by atoms with Gasteiger partial charge in [0.2, 0.25) is 6.41 Å². The summed E-state index contributed by atoms with van der Waals surface area (Å²) in [4.78, 5) is 22.7. The van der Waals surface area contributed by atoms with E-state index in [1.165, 1.54) is 11.8 Å². The molecule has 0 fully saturated rings. The van der Waals surface area contributed by atoms with Crippen LogP contribution in [0, 0.1) is 0 Å². The lowest BCUT2D eigenvalue weighted by atomic mass is 10.1. The van der Waals surface area contributed by atoms with Crippen LogP contribution in [0.4, 0.5) is 5.69 Å². The van der Waals surface area contributed by atoms with Crippen molar-refractivity contribution in [2.24, 2.45) is 0 Å². The Labute approximate surface area is 77.0 Å². The molecule has 3 nitrogen and oxygen atoms in total. The van der Waals surface area contributed by atoms with Crippen LogP contribution in [0.25, 0.3) is 0 Å². The summed E-state index contributed by atoms with van der Waals surface area (Å²) in [5, 5.41) is 0. The molecule has 13 heavy (non-hydrogen) atoms. The van der Waals surface area contributed by atoms with Gasteiger partial charge in [-0.05, 0) is 31.2 Å². The third-order valence-corrected chi connectivity index (χ3v) is 1.84. The molecule has 1 rings (SSSR count). The van der Waals surface area contributed by atoms with Gasteiger partial charge in [-0.2, -0.15) is 0 Å². The zero-order valence-corrected chi connectivity index (χ0v) is 7.65. The van der Waals surface area contributed by atoms with E-state index in [1.54, 1.807) is 31.3 Å². The molecule has 1 amide bonds. The normalized spacial score (nSPS) is 9.38. The summed E-state index contributed by atoms with van der Waals surface area (Å²) in [6.07, 6.45) is 0.725. The van der Waals surface area contributed by atoms with Crippen LogP contribution in [0.1, 0.15) is 17.3 Å². The molecule has 0 saturated heterocycles. The van der Waals surface area contributed by atoms with E-state index in [4.69, 9.17) is 0 Å². The van der Waals surface area contributed by atoms with Gasteiger partial charge in [-0.3, -0.25) is 9.59 Å². The zero-order chi connectivity index (χ0) is 9.84. The van der Waals surface area contributed by atoms with Gasteiger partial charge in [0.1, 0.15) is 0 Å². The number of hydrogen-bond donors (Lipinski definition) is 0. The van der Waals surface area contributed by atoms with Crippen molar-refractivity contribution in [2.75, 3.05) is 11.9 Å². The molecule has 0 bridgehead atoms. The Hall–Kier alpha value is -1.64. The van der Waals surface area contributed by atoms with Gasteiger partial charge >= 0.3 is 0 Å². The zero-order valence-electron chi connectivity index (χ0n) is 7.65. The number of benzene rings is 1. The average Bonchev–Trinajstić information content (AvgIpc) is 2.17. The fraction of sp³-hybridized carbons (Fsp3) is 0.200. The maximum absolute atomic E-state index is 10.9. The lowest BCUT2D eigenvalue weighted by Gasteiger charge is -2.10. The fourth-order valence-corrected chi connectivity index (χ4v) is 0.992. The summed E-state index contributed by atoms with van der Waals surface area (Å²) in [6, 6.07) is 6.89. The van der Waals surface area contributed by atoms with Crippen LogP contribution in [0.2, 0.25) is 0 Å². The van der Waals surface area contributed by atoms with Crippen molar-refractivity contribution in [1.82, 2.24) is 0 Å². The van der Waals surface area contributed by atoms with E-state index in [-0.39, 0.29) is 5.78 Å². The molecule has 0 aromatic heterocycles. The number of rotatable bonds is 3. The monoisotopic (exact) mass is 177 g/mol. The molecule has 3 heteroatoms. The number of carbonyl (C=O) groups excluding carboxylic acids is 2. The summed E-state index contributed by atoms with van der Waals surface area (Å²) < 4.78 is 0. The van der Waals surface area contributed by atoms with E-state index >= 15 is 0 Å². The first-order chi connectivity index (χ1) is 6.15. The molecule has 0 N–H and O–H groups in total. The largest absolute Gasteiger partial charge is 0.318 e. The van der Waals surface area contributed by atoms with E-state index in [9.17, 15) is 9.59 Å². The van der Waals surface area contributed by atoms with Crippen molar-refractivity contribution in [3.05, 3.63) is 29.8 Å². The molecule has 1 aromatic rings. The number of hydrogen-bond acceptors (Lipinski definition) is 2. The van der Waals surface area contributed by atoms with E-state index in [0.717, 1.165) is 12.1 Å². The Balaban J connectivity index is 2.93. The van der Waals surface area contributed by atoms with Crippen molar-refractivity contribution >= 4 is 17.9 Å². The molecular formula is C10H11NO2. The van der Waals surface area contributed by atoms with Gasteiger partial charge in [0, 0.05) is 18.3 Å². The lowest BCUT2D eigenvalue weighted by Crippen LogP contribution is -2.13. The summed E-state index contributed by atoms with van der Waals surface area (Å²) in [7, 11) is 1.66. The highest BCUT2D eigenvalue weighted by Gasteiger charge is 2.00. The number of carbonyl (C=O) groups is 2. The number of ketones is 1. The van der Waals surface area contributed by atoms with Crippen LogP contribution in [0.15, 0.2) is 24.3 Å². The molecule has 0 atom stereocenters. The van der Waals surface area contributed by atoms with Crippen LogP contribution >= 0.6 is 0 Å². The van der Waals surface area contributed by atoms with Crippen LogP contribution in [0.5, 0.6) is 0 Å². The minimum Gasteiger partial charge on any atom is -0.318 e. The second-order valence-electron chi connectivity index (χ2n) is 2.82. The number of Topliss-reactive ketones (excluding diaryl/α,β-unsaturated/α-hetero) is 1. The van der Waals surface area contributed by atoms with E-state index < -0.39 is 0 Å². The van der Waals surface area contributed by atoms with Gasteiger partial charge in [0.25, 0.3) is 0 Å². The molecule has 0 spiro atoms. The third-order valence-electron chi connectivity index (χ3n) is 1.84. The average molecular weight is 177 g/mol. The molecule has 0 aliphatic heterocycles. The van der Waals surface area contributed by atoms with Crippen molar-refractivity contribution in [3.8, 4) is 0 Å². The Morgan fingerprint density at radius 2 is 1.85 bits per heavy atom. The molecule has 0 unspecified atom stereocenters. The minimum absolute atomic E-state index is 0.0281. The molecule has 1 aromatic carbocycles. The molecule has 0 aliphatic rings. The summed E-state index contributed by atoms with van der Waals surface area (Å²) in [5.41, 5.74) is 1.43. The number of nitrogens with zero attached hydrogens (tertiary/aromatic N) is 1. The fourth-order valence-electron chi connectivity index (χ4n) is 0.992. The Morgan fingerprint density at radius 1 is 1.31 bits per heavy atom. The van der Waals surface area contributed by atoms with Crippen LogP contribution < -0.4 is 4.90 Å². The van der Waals surface area contributed by atoms with Gasteiger partial charge < -0.3 is 4.90 Å². The topological polar surface area (TPSA) is 37.4 Å². The molecule has 0 saturated carbocycles. The smallest absolute Gasteiger partial charge is 0.213 e. The number of amides is 1. The van der Waals surface area contributed by atoms with Gasteiger partial charge in [-0.15, -0.1) is 0 Å². The SMILES string of the molecule is CC(=O)c1ccc(N(C)C=O)cc1. The first-order valence-electron chi connectivity index (χ1n) is 3.94. The maximum Gasteiger partial charge on any atom is 0.213 e. The van der Waals surface area contributed by atoms with Crippen LogP contribution in [0.3, 0.4) is 0 Å². The first kappa shape index (κ1) is 9.45. The molecular weight excluding hydrogens is 166 g/mol. The van der Waals surface area contributed by atoms with Crippen molar-refractivity contribution in [2.45, 2.75) is 6.92 Å². The Kier molecular flexibility index (Phi) is 2.80. The molecule has 0 aliphatic carbocycles. The molecule has 68 valence electrons.